The average Bonchev–Trinajstić information content (AvgIpc) is 2.91. The maximum absolute atomic E-state index is 11.8. The molecule has 0 fully saturated rings. The summed E-state index contributed by atoms with van der Waals surface area (Å²) in [6, 6.07) is 8.12. The first-order chi connectivity index (χ1) is 10.3. The van der Waals surface area contributed by atoms with E-state index in [9.17, 15) is 13.2 Å². The van der Waals surface area contributed by atoms with Crippen LogP contribution < -0.4 is 10.0 Å². The summed E-state index contributed by atoms with van der Waals surface area (Å²) in [5.41, 5.74) is 0.756. The molecule has 1 aromatic carbocycles. The zero-order valence-corrected chi connectivity index (χ0v) is 13.4. The molecule has 8 heteroatoms. The molecular weight excluding hydrogens is 328 g/mol. The lowest BCUT2D eigenvalue weighted by Crippen LogP contribution is -2.13. The summed E-state index contributed by atoms with van der Waals surface area (Å²) >= 11 is 5.98. The first-order valence-corrected chi connectivity index (χ1v) is 8.70. The van der Waals surface area contributed by atoms with Gasteiger partial charge in [0, 0.05) is 18.5 Å². The van der Waals surface area contributed by atoms with Crippen molar-refractivity contribution in [2.75, 3.05) is 16.3 Å². The van der Waals surface area contributed by atoms with Gasteiger partial charge in [-0.15, -0.1) is 0 Å². The predicted molar refractivity (Wildman–Crippen MR) is 85.6 cm³/mol. The Kier molecular flexibility index (Phi) is 5.10. The molecule has 0 bridgehead atoms. The average molecular weight is 343 g/mol. The van der Waals surface area contributed by atoms with Gasteiger partial charge in [-0.1, -0.05) is 11.6 Å². The molecule has 0 spiro atoms. The van der Waals surface area contributed by atoms with Gasteiger partial charge in [0.15, 0.2) is 0 Å². The van der Waals surface area contributed by atoms with Gasteiger partial charge >= 0.3 is 0 Å². The molecule has 1 heterocycles. The lowest BCUT2D eigenvalue weighted by molar-refractivity contribution is -0.116. The van der Waals surface area contributed by atoms with Crippen LogP contribution in [0, 0.1) is 0 Å². The van der Waals surface area contributed by atoms with E-state index in [1.165, 1.54) is 12.1 Å². The van der Waals surface area contributed by atoms with Crippen LogP contribution >= 0.6 is 11.6 Å². The molecular formula is C14H15ClN2O4S. The molecule has 0 aliphatic heterocycles. The topological polar surface area (TPSA) is 88.4 Å². The third-order valence-electron chi connectivity index (χ3n) is 2.73. The summed E-state index contributed by atoms with van der Waals surface area (Å²) in [5, 5.41) is 2.90. The zero-order valence-electron chi connectivity index (χ0n) is 11.8. The van der Waals surface area contributed by atoms with E-state index in [4.69, 9.17) is 16.0 Å². The molecule has 2 rings (SSSR count). The third-order valence-corrected chi connectivity index (χ3v) is 3.63. The number of benzene rings is 1. The maximum Gasteiger partial charge on any atom is 0.229 e. The van der Waals surface area contributed by atoms with Crippen LogP contribution in [0.25, 0.3) is 0 Å². The molecule has 0 unspecified atom stereocenters. The number of furan rings is 1. The lowest BCUT2D eigenvalue weighted by atomic mass is 10.2. The summed E-state index contributed by atoms with van der Waals surface area (Å²) in [7, 11) is -3.40. The standard InChI is InChI=1S/C14H15ClN2O4S/c1-22(19,20)17-13-6-4-10(9-12(13)15)16-14(18)7-5-11-3-2-8-21-11/h2-4,6,8-9,17H,5,7H2,1H3,(H,16,18). The van der Waals surface area contributed by atoms with Gasteiger partial charge in [-0.05, 0) is 30.3 Å². The highest BCUT2D eigenvalue weighted by Gasteiger charge is 2.09. The molecule has 1 aromatic heterocycles. The molecule has 0 aliphatic rings. The largest absolute Gasteiger partial charge is 0.469 e. The second-order valence-electron chi connectivity index (χ2n) is 4.70. The van der Waals surface area contributed by atoms with Crippen LogP contribution in [0.3, 0.4) is 0 Å². The minimum atomic E-state index is -3.40. The lowest BCUT2D eigenvalue weighted by Gasteiger charge is -2.09. The fourth-order valence-electron chi connectivity index (χ4n) is 1.79. The molecule has 6 nitrogen and oxygen atoms in total. The van der Waals surface area contributed by atoms with E-state index in [1.807, 2.05) is 0 Å². The Labute approximate surface area is 133 Å². The van der Waals surface area contributed by atoms with Gasteiger partial charge in [0.25, 0.3) is 0 Å². The van der Waals surface area contributed by atoms with Crippen molar-refractivity contribution in [2.45, 2.75) is 12.8 Å². The summed E-state index contributed by atoms with van der Waals surface area (Å²) < 4.78 is 29.8. The summed E-state index contributed by atoms with van der Waals surface area (Å²) in [4.78, 5) is 11.8. The number of hydrogen-bond donors (Lipinski definition) is 2. The molecule has 2 N–H and O–H groups in total. The first kappa shape index (κ1) is 16.4. The molecule has 2 aromatic rings. The molecule has 0 saturated heterocycles. The van der Waals surface area contributed by atoms with Gasteiger partial charge in [-0.2, -0.15) is 0 Å². The third kappa shape index (κ3) is 5.09. The normalized spacial score (nSPS) is 11.2. The number of sulfonamides is 1. The fourth-order valence-corrected chi connectivity index (χ4v) is 2.65. The Morgan fingerprint density at radius 3 is 2.68 bits per heavy atom. The number of carbonyl (C=O) groups excluding carboxylic acids is 1. The van der Waals surface area contributed by atoms with Crippen molar-refractivity contribution in [1.82, 2.24) is 0 Å². The van der Waals surface area contributed by atoms with Crippen molar-refractivity contribution in [1.29, 1.82) is 0 Å². The molecule has 0 atom stereocenters. The Bertz CT molecular complexity index is 757. The van der Waals surface area contributed by atoms with E-state index >= 15 is 0 Å². The smallest absolute Gasteiger partial charge is 0.229 e. The van der Waals surface area contributed by atoms with Crippen LogP contribution in [0.4, 0.5) is 11.4 Å². The SMILES string of the molecule is CS(=O)(=O)Nc1ccc(NC(=O)CCc2ccco2)cc1Cl. The summed E-state index contributed by atoms with van der Waals surface area (Å²) in [5.74, 6) is 0.553. The highest BCUT2D eigenvalue weighted by atomic mass is 35.5. The van der Waals surface area contributed by atoms with Gasteiger partial charge in [0.1, 0.15) is 5.76 Å². The van der Waals surface area contributed by atoms with Gasteiger partial charge in [0.2, 0.25) is 15.9 Å². The number of hydrogen-bond acceptors (Lipinski definition) is 4. The van der Waals surface area contributed by atoms with Gasteiger partial charge in [-0.25, -0.2) is 8.42 Å². The molecule has 0 radical (unpaired) electrons. The first-order valence-electron chi connectivity index (χ1n) is 6.43. The van der Waals surface area contributed by atoms with Crippen molar-refractivity contribution in [3.8, 4) is 0 Å². The van der Waals surface area contributed by atoms with Crippen molar-refractivity contribution >= 4 is 38.9 Å². The molecule has 0 saturated carbocycles. The van der Waals surface area contributed by atoms with E-state index < -0.39 is 10.0 Å². The van der Waals surface area contributed by atoms with Crippen molar-refractivity contribution < 1.29 is 17.6 Å². The van der Waals surface area contributed by atoms with Crippen LogP contribution in [0.2, 0.25) is 5.02 Å². The van der Waals surface area contributed by atoms with Crippen LogP contribution in [-0.4, -0.2) is 20.6 Å². The van der Waals surface area contributed by atoms with E-state index in [1.54, 1.807) is 24.5 Å². The number of amides is 1. The Balaban J connectivity index is 1.95. The van der Waals surface area contributed by atoms with Crippen molar-refractivity contribution in [3.63, 3.8) is 0 Å². The molecule has 118 valence electrons. The molecule has 22 heavy (non-hydrogen) atoms. The molecule has 1 amide bonds. The second-order valence-corrected chi connectivity index (χ2v) is 6.85. The maximum atomic E-state index is 11.8. The number of carbonyl (C=O) groups is 1. The highest BCUT2D eigenvalue weighted by molar-refractivity contribution is 7.92. The fraction of sp³-hybridized carbons (Fsp3) is 0.214. The van der Waals surface area contributed by atoms with E-state index in [-0.39, 0.29) is 23.0 Å². The quantitative estimate of drug-likeness (QED) is 0.844. The minimum absolute atomic E-state index is 0.184. The molecule has 0 aliphatic carbocycles. The number of halogens is 1. The summed E-state index contributed by atoms with van der Waals surface area (Å²) in [6.07, 6.45) is 3.36. The number of anilines is 2. The van der Waals surface area contributed by atoms with Crippen LogP contribution in [0.15, 0.2) is 41.0 Å². The van der Waals surface area contributed by atoms with Crippen LogP contribution in [0.5, 0.6) is 0 Å². The second kappa shape index (κ2) is 6.85. The van der Waals surface area contributed by atoms with Gasteiger partial charge in [0.05, 0.1) is 23.2 Å². The monoisotopic (exact) mass is 342 g/mol. The minimum Gasteiger partial charge on any atom is -0.469 e. The van der Waals surface area contributed by atoms with Crippen molar-refractivity contribution in [2.24, 2.45) is 0 Å². The Morgan fingerprint density at radius 1 is 1.32 bits per heavy atom. The van der Waals surface area contributed by atoms with Gasteiger partial charge < -0.3 is 9.73 Å². The predicted octanol–water partition coefficient (Wildman–Crippen LogP) is 2.88. The van der Waals surface area contributed by atoms with Gasteiger partial charge in [-0.3, -0.25) is 9.52 Å². The Hall–Kier alpha value is -1.99. The van der Waals surface area contributed by atoms with E-state index in [0.29, 0.717) is 12.1 Å². The summed E-state index contributed by atoms with van der Waals surface area (Å²) in [6.45, 7) is 0. The van der Waals surface area contributed by atoms with Crippen molar-refractivity contribution in [3.05, 3.63) is 47.4 Å². The zero-order chi connectivity index (χ0) is 16.2. The number of rotatable bonds is 6. The number of nitrogens with one attached hydrogen (secondary N) is 2. The van der Waals surface area contributed by atoms with Crippen LogP contribution in [0.1, 0.15) is 12.2 Å². The highest BCUT2D eigenvalue weighted by Crippen LogP contribution is 2.26. The Morgan fingerprint density at radius 2 is 2.09 bits per heavy atom. The van der Waals surface area contributed by atoms with Crippen LogP contribution in [-0.2, 0) is 21.2 Å². The number of aryl methyl sites for hydroxylation is 1. The van der Waals surface area contributed by atoms with E-state index in [0.717, 1.165) is 12.0 Å². The van der Waals surface area contributed by atoms with E-state index in [2.05, 4.69) is 10.0 Å².